The standard InChI is InChI=1S/C23H25N3O3/c1-16(2)20-10-3-4-11-21(20)24-15-22(27)26-18-8-5-7-17(13-18)23(28)25-14-19-9-6-12-29-19/h3-13,16,24H,14-15H2,1-2H3,(H,25,28)(H,26,27). The highest BCUT2D eigenvalue weighted by Crippen LogP contribution is 2.23. The van der Waals surface area contributed by atoms with Gasteiger partial charge in [-0.2, -0.15) is 0 Å². The molecule has 0 spiro atoms. The van der Waals surface area contributed by atoms with Crippen molar-refractivity contribution in [3.63, 3.8) is 0 Å². The maximum absolute atomic E-state index is 12.3. The molecule has 2 aromatic carbocycles. The van der Waals surface area contributed by atoms with E-state index in [2.05, 4.69) is 35.9 Å². The first-order valence-electron chi connectivity index (χ1n) is 9.56. The van der Waals surface area contributed by atoms with Crippen LogP contribution < -0.4 is 16.0 Å². The zero-order valence-electron chi connectivity index (χ0n) is 16.6. The molecule has 0 fully saturated rings. The van der Waals surface area contributed by atoms with Gasteiger partial charge >= 0.3 is 0 Å². The Hall–Kier alpha value is -3.54. The van der Waals surface area contributed by atoms with Crippen molar-refractivity contribution >= 4 is 23.2 Å². The number of furan rings is 1. The molecular formula is C23H25N3O3. The summed E-state index contributed by atoms with van der Waals surface area (Å²) in [7, 11) is 0. The van der Waals surface area contributed by atoms with E-state index < -0.39 is 0 Å². The second-order valence-corrected chi connectivity index (χ2v) is 6.99. The maximum atomic E-state index is 12.3. The van der Waals surface area contributed by atoms with Gasteiger partial charge in [0.25, 0.3) is 5.91 Å². The van der Waals surface area contributed by atoms with Gasteiger partial charge in [-0.05, 0) is 47.9 Å². The Morgan fingerprint density at radius 2 is 1.83 bits per heavy atom. The van der Waals surface area contributed by atoms with Crippen molar-refractivity contribution in [1.82, 2.24) is 5.32 Å². The van der Waals surface area contributed by atoms with E-state index >= 15 is 0 Å². The molecule has 0 aliphatic rings. The van der Waals surface area contributed by atoms with Crippen LogP contribution >= 0.6 is 0 Å². The lowest BCUT2D eigenvalue weighted by molar-refractivity contribution is -0.114. The summed E-state index contributed by atoms with van der Waals surface area (Å²) in [5.41, 5.74) is 3.14. The number of nitrogens with one attached hydrogen (secondary N) is 3. The SMILES string of the molecule is CC(C)c1ccccc1NCC(=O)Nc1cccc(C(=O)NCc2ccco2)c1. The second-order valence-electron chi connectivity index (χ2n) is 6.99. The van der Waals surface area contributed by atoms with Crippen LogP contribution in [0.25, 0.3) is 0 Å². The molecular weight excluding hydrogens is 366 g/mol. The Balaban J connectivity index is 1.55. The lowest BCUT2D eigenvalue weighted by atomic mass is 10.0. The Kier molecular flexibility index (Phi) is 6.68. The summed E-state index contributed by atoms with van der Waals surface area (Å²) in [6.07, 6.45) is 1.56. The maximum Gasteiger partial charge on any atom is 0.251 e. The number of carbonyl (C=O) groups excluding carboxylic acids is 2. The minimum absolute atomic E-state index is 0.138. The third-order valence-corrected chi connectivity index (χ3v) is 4.43. The smallest absolute Gasteiger partial charge is 0.251 e. The molecule has 29 heavy (non-hydrogen) atoms. The molecule has 6 nitrogen and oxygen atoms in total. The van der Waals surface area contributed by atoms with Crippen molar-refractivity contribution in [2.75, 3.05) is 17.2 Å². The third kappa shape index (κ3) is 5.72. The van der Waals surface area contributed by atoms with Crippen LogP contribution in [0.15, 0.2) is 71.3 Å². The Bertz CT molecular complexity index is 965. The topological polar surface area (TPSA) is 83.4 Å². The Labute approximate surface area is 170 Å². The number of amides is 2. The molecule has 3 aromatic rings. The number of para-hydroxylation sites is 1. The highest BCUT2D eigenvalue weighted by Gasteiger charge is 2.10. The predicted octanol–water partition coefficient (Wildman–Crippen LogP) is 4.38. The highest BCUT2D eigenvalue weighted by molar-refractivity contribution is 5.98. The van der Waals surface area contributed by atoms with E-state index in [1.165, 1.54) is 0 Å². The fourth-order valence-electron chi connectivity index (χ4n) is 2.96. The van der Waals surface area contributed by atoms with Gasteiger partial charge in [0.1, 0.15) is 5.76 Å². The van der Waals surface area contributed by atoms with E-state index in [0.717, 1.165) is 11.3 Å². The number of rotatable bonds is 8. The summed E-state index contributed by atoms with van der Waals surface area (Å²) < 4.78 is 5.20. The van der Waals surface area contributed by atoms with Gasteiger partial charge in [0, 0.05) is 16.9 Å². The van der Waals surface area contributed by atoms with Crippen LogP contribution in [0.5, 0.6) is 0 Å². The molecule has 0 aliphatic carbocycles. The lowest BCUT2D eigenvalue weighted by Gasteiger charge is -2.14. The molecule has 0 aliphatic heterocycles. The molecule has 150 valence electrons. The van der Waals surface area contributed by atoms with Gasteiger partial charge in [0.05, 0.1) is 19.4 Å². The monoisotopic (exact) mass is 391 g/mol. The van der Waals surface area contributed by atoms with Crippen molar-refractivity contribution in [2.24, 2.45) is 0 Å². The van der Waals surface area contributed by atoms with Gasteiger partial charge in [-0.3, -0.25) is 9.59 Å². The van der Waals surface area contributed by atoms with E-state index in [9.17, 15) is 9.59 Å². The van der Waals surface area contributed by atoms with E-state index in [0.29, 0.717) is 29.5 Å². The minimum Gasteiger partial charge on any atom is -0.467 e. The first-order valence-corrected chi connectivity index (χ1v) is 9.56. The molecule has 1 aromatic heterocycles. The van der Waals surface area contributed by atoms with Crippen molar-refractivity contribution in [2.45, 2.75) is 26.3 Å². The summed E-state index contributed by atoms with van der Waals surface area (Å²) in [5, 5.41) is 8.80. The first kappa shape index (κ1) is 20.2. The van der Waals surface area contributed by atoms with Crippen LogP contribution in [-0.4, -0.2) is 18.4 Å². The average Bonchev–Trinajstić information content (AvgIpc) is 3.24. The van der Waals surface area contributed by atoms with Crippen LogP contribution in [0.3, 0.4) is 0 Å². The summed E-state index contributed by atoms with van der Waals surface area (Å²) >= 11 is 0. The second kappa shape index (κ2) is 9.59. The molecule has 0 radical (unpaired) electrons. The third-order valence-electron chi connectivity index (χ3n) is 4.43. The Morgan fingerprint density at radius 1 is 1.00 bits per heavy atom. The van der Waals surface area contributed by atoms with E-state index in [1.54, 1.807) is 42.7 Å². The molecule has 0 saturated heterocycles. The predicted molar refractivity (Wildman–Crippen MR) is 114 cm³/mol. The largest absolute Gasteiger partial charge is 0.467 e. The number of anilines is 2. The van der Waals surface area contributed by atoms with Gasteiger partial charge in [0.15, 0.2) is 0 Å². The van der Waals surface area contributed by atoms with Crippen LogP contribution in [0.2, 0.25) is 0 Å². The van der Waals surface area contributed by atoms with E-state index in [1.807, 2.05) is 18.2 Å². The summed E-state index contributed by atoms with van der Waals surface area (Å²) in [6.45, 7) is 4.67. The first-order chi connectivity index (χ1) is 14.0. The Morgan fingerprint density at radius 3 is 2.59 bits per heavy atom. The fraction of sp³-hybridized carbons (Fsp3) is 0.217. The van der Waals surface area contributed by atoms with Gasteiger partial charge in [-0.1, -0.05) is 38.1 Å². The van der Waals surface area contributed by atoms with E-state index in [4.69, 9.17) is 4.42 Å². The lowest BCUT2D eigenvalue weighted by Crippen LogP contribution is -2.24. The molecule has 0 atom stereocenters. The van der Waals surface area contributed by atoms with Gasteiger partial charge < -0.3 is 20.4 Å². The van der Waals surface area contributed by atoms with E-state index in [-0.39, 0.29) is 18.4 Å². The number of benzene rings is 2. The van der Waals surface area contributed by atoms with Gasteiger partial charge in [-0.25, -0.2) is 0 Å². The quantitative estimate of drug-likeness (QED) is 0.532. The summed E-state index contributed by atoms with van der Waals surface area (Å²) in [6, 6.07) is 18.3. The molecule has 0 saturated carbocycles. The zero-order valence-corrected chi connectivity index (χ0v) is 16.6. The van der Waals surface area contributed by atoms with Crippen LogP contribution in [0.4, 0.5) is 11.4 Å². The number of hydrogen-bond donors (Lipinski definition) is 3. The number of hydrogen-bond acceptors (Lipinski definition) is 4. The van der Waals surface area contributed by atoms with Crippen molar-refractivity contribution < 1.29 is 14.0 Å². The van der Waals surface area contributed by atoms with Gasteiger partial charge in [0.2, 0.25) is 5.91 Å². The minimum atomic E-state index is -0.235. The summed E-state index contributed by atoms with van der Waals surface area (Å²) in [4.78, 5) is 24.7. The molecule has 0 bridgehead atoms. The molecule has 1 heterocycles. The van der Waals surface area contributed by atoms with Crippen molar-refractivity contribution in [1.29, 1.82) is 0 Å². The van der Waals surface area contributed by atoms with Gasteiger partial charge in [-0.15, -0.1) is 0 Å². The number of carbonyl (C=O) groups is 2. The molecule has 3 N–H and O–H groups in total. The molecule has 6 heteroatoms. The normalized spacial score (nSPS) is 10.6. The average molecular weight is 391 g/mol. The molecule has 2 amide bonds. The highest BCUT2D eigenvalue weighted by atomic mass is 16.3. The summed E-state index contributed by atoms with van der Waals surface area (Å²) in [5.74, 6) is 0.617. The zero-order chi connectivity index (χ0) is 20.6. The molecule has 3 rings (SSSR count). The van der Waals surface area contributed by atoms with Crippen molar-refractivity contribution in [3.05, 3.63) is 83.8 Å². The molecule has 0 unspecified atom stereocenters. The van der Waals surface area contributed by atoms with Crippen LogP contribution in [-0.2, 0) is 11.3 Å². The fourth-order valence-corrected chi connectivity index (χ4v) is 2.96. The van der Waals surface area contributed by atoms with Crippen molar-refractivity contribution in [3.8, 4) is 0 Å². The van der Waals surface area contributed by atoms with Crippen LogP contribution in [0, 0.1) is 0 Å². The van der Waals surface area contributed by atoms with Crippen LogP contribution in [0.1, 0.15) is 41.4 Å².